The van der Waals surface area contributed by atoms with Gasteiger partial charge in [0.2, 0.25) is 0 Å². The first kappa shape index (κ1) is 29.1. The molecule has 1 fully saturated rings. The minimum atomic E-state index is 0. The van der Waals surface area contributed by atoms with Crippen molar-refractivity contribution in [1.29, 1.82) is 0 Å². The number of guanidine groups is 1. The Kier molecular flexibility index (Phi) is 13.7. The Bertz CT molecular complexity index is 672. The average Bonchev–Trinajstić information content (AvgIpc) is 2.75. The largest absolute Gasteiger partial charge is 0.396 e. The molecule has 2 rings (SSSR count). The summed E-state index contributed by atoms with van der Waals surface area (Å²) in [5.41, 5.74) is 2.70. The summed E-state index contributed by atoms with van der Waals surface area (Å²) in [4.78, 5) is 7.37. The van der Waals surface area contributed by atoms with Crippen LogP contribution in [0.1, 0.15) is 65.0 Å². The van der Waals surface area contributed by atoms with Crippen LogP contribution in [0.15, 0.2) is 29.3 Å². The molecular formula is C25H45IN4O2. The molecule has 0 spiro atoms. The van der Waals surface area contributed by atoms with E-state index in [0.717, 1.165) is 57.9 Å². The number of nitrogens with zero attached hydrogens (tertiary/aromatic N) is 2. The predicted octanol–water partition coefficient (Wildman–Crippen LogP) is 4.16. The van der Waals surface area contributed by atoms with Gasteiger partial charge in [-0.25, -0.2) is 4.99 Å². The fourth-order valence-electron chi connectivity index (χ4n) is 4.48. The van der Waals surface area contributed by atoms with Crippen LogP contribution in [0.5, 0.6) is 0 Å². The highest BCUT2D eigenvalue weighted by atomic mass is 127. The number of aliphatic hydroxyl groups excluding tert-OH is 1. The summed E-state index contributed by atoms with van der Waals surface area (Å²) in [5, 5.41) is 16.4. The Labute approximate surface area is 212 Å². The minimum absolute atomic E-state index is 0. The Hall–Kier alpha value is -0.900. The lowest BCUT2D eigenvalue weighted by atomic mass is 9.79. The van der Waals surface area contributed by atoms with Gasteiger partial charge in [0.05, 0.1) is 18.8 Å². The predicted molar refractivity (Wildman–Crippen MR) is 145 cm³/mol. The van der Waals surface area contributed by atoms with Gasteiger partial charge in [0.15, 0.2) is 5.96 Å². The molecule has 0 amide bonds. The van der Waals surface area contributed by atoms with Gasteiger partial charge in [0, 0.05) is 39.3 Å². The fourth-order valence-corrected chi connectivity index (χ4v) is 4.48. The first-order valence-corrected chi connectivity index (χ1v) is 12.0. The van der Waals surface area contributed by atoms with Crippen molar-refractivity contribution in [2.24, 2.45) is 10.4 Å². The number of rotatable bonds is 11. The Balaban J connectivity index is 0.00000512. The molecule has 32 heavy (non-hydrogen) atoms. The quantitative estimate of drug-likeness (QED) is 0.216. The van der Waals surface area contributed by atoms with Crippen LogP contribution in [0.4, 0.5) is 0 Å². The van der Waals surface area contributed by atoms with E-state index in [4.69, 9.17) is 9.73 Å². The molecule has 7 heteroatoms. The highest BCUT2D eigenvalue weighted by Gasteiger charge is 2.26. The smallest absolute Gasteiger partial charge is 0.191 e. The molecule has 6 nitrogen and oxygen atoms in total. The van der Waals surface area contributed by atoms with Gasteiger partial charge in [-0.2, -0.15) is 0 Å². The molecule has 2 unspecified atom stereocenters. The lowest BCUT2D eigenvalue weighted by Crippen LogP contribution is -2.45. The number of nitrogens with one attached hydrogen (secondary N) is 2. The maximum absolute atomic E-state index is 9.50. The van der Waals surface area contributed by atoms with Gasteiger partial charge < -0.3 is 20.5 Å². The van der Waals surface area contributed by atoms with Crippen LogP contribution in [0.3, 0.4) is 0 Å². The highest BCUT2D eigenvalue weighted by molar-refractivity contribution is 14.0. The standard InChI is InChI=1S/C25H44N4O2.HI/c1-6-25(7-2,13-14-30)19-28-24(26-8-3)27-15-22-11-9-10-12-23(22)18-29-16-20(4)31-21(5)17-29;/h9-12,20-21,30H,6-8,13-19H2,1-5H3,(H2,26,27,28);1H. The molecule has 1 aromatic rings. The average molecular weight is 561 g/mol. The summed E-state index contributed by atoms with van der Waals surface area (Å²) in [5.74, 6) is 0.843. The second-order valence-electron chi connectivity index (χ2n) is 8.95. The van der Waals surface area contributed by atoms with Gasteiger partial charge in [0.25, 0.3) is 0 Å². The molecule has 0 radical (unpaired) electrons. The molecule has 0 aliphatic carbocycles. The molecule has 184 valence electrons. The summed E-state index contributed by atoms with van der Waals surface area (Å²) in [6.07, 6.45) is 3.43. The van der Waals surface area contributed by atoms with E-state index in [-0.39, 0.29) is 48.2 Å². The van der Waals surface area contributed by atoms with Crippen molar-refractivity contribution in [1.82, 2.24) is 15.5 Å². The maximum atomic E-state index is 9.50. The molecule has 0 saturated carbocycles. The van der Waals surface area contributed by atoms with E-state index in [1.165, 1.54) is 11.1 Å². The lowest BCUT2D eigenvalue weighted by Gasteiger charge is -2.35. The van der Waals surface area contributed by atoms with Crippen LogP contribution in [0.2, 0.25) is 0 Å². The van der Waals surface area contributed by atoms with E-state index < -0.39 is 0 Å². The monoisotopic (exact) mass is 560 g/mol. The summed E-state index contributed by atoms with van der Waals surface area (Å²) in [6.45, 7) is 16.2. The van der Waals surface area contributed by atoms with Crippen LogP contribution in [-0.4, -0.2) is 61.0 Å². The molecule has 1 aliphatic heterocycles. The van der Waals surface area contributed by atoms with Crippen LogP contribution in [0, 0.1) is 5.41 Å². The minimum Gasteiger partial charge on any atom is -0.396 e. The van der Waals surface area contributed by atoms with E-state index in [0.29, 0.717) is 6.54 Å². The normalized spacial score (nSPS) is 20.0. The second-order valence-corrected chi connectivity index (χ2v) is 8.95. The zero-order valence-corrected chi connectivity index (χ0v) is 23.0. The third-order valence-corrected chi connectivity index (χ3v) is 6.53. The van der Waals surface area contributed by atoms with Crippen molar-refractivity contribution >= 4 is 29.9 Å². The first-order valence-electron chi connectivity index (χ1n) is 12.0. The van der Waals surface area contributed by atoms with Gasteiger partial charge in [-0.3, -0.25) is 4.90 Å². The van der Waals surface area contributed by atoms with Crippen LogP contribution < -0.4 is 10.6 Å². The second kappa shape index (κ2) is 15.1. The van der Waals surface area contributed by atoms with Crippen molar-refractivity contribution in [3.05, 3.63) is 35.4 Å². The number of benzene rings is 1. The summed E-state index contributed by atoms with van der Waals surface area (Å²) in [6, 6.07) is 8.62. The topological polar surface area (TPSA) is 69.1 Å². The number of hydrogen-bond donors (Lipinski definition) is 3. The highest BCUT2D eigenvalue weighted by Crippen LogP contribution is 2.29. The van der Waals surface area contributed by atoms with Crippen LogP contribution in [-0.2, 0) is 17.8 Å². The zero-order chi connectivity index (χ0) is 22.7. The van der Waals surface area contributed by atoms with E-state index in [9.17, 15) is 5.11 Å². The lowest BCUT2D eigenvalue weighted by molar-refractivity contribution is -0.0705. The summed E-state index contributed by atoms with van der Waals surface area (Å²) in [7, 11) is 0. The Morgan fingerprint density at radius 2 is 1.72 bits per heavy atom. The number of ether oxygens (including phenoxy) is 1. The number of aliphatic hydroxyl groups is 1. The Morgan fingerprint density at radius 1 is 1.09 bits per heavy atom. The third-order valence-electron chi connectivity index (χ3n) is 6.53. The van der Waals surface area contributed by atoms with Crippen molar-refractivity contribution in [2.45, 2.75) is 79.2 Å². The van der Waals surface area contributed by atoms with Gasteiger partial charge in [-0.1, -0.05) is 38.1 Å². The molecule has 1 heterocycles. The molecule has 1 saturated heterocycles. The van der Waals surface area contributed by atoms with Crippen molar-refractivity contribution in [3.8, 4) is 0 Å². The van der Waals surface area contributed by atoms with Crippen LogP contribution >= 0.6 is 24.0 Å². The van der Waals surface area contributed by atoms with Crippen LogP contribution in [0.25, 0.3) is 0 Å². The first-order chi connectivity index (χ1) is 14.9. The molecule has 2 atom stereocenters. The molecule has 1 aliphatic rings. The van der Waals surface area contributed by atoms with E-state index in [2.05, 4.69) is 74.4 Å². The fraction of sp³-hybridized carbons (Fsp3) is 0.720. The number of aliphatic imine (C=N–C) groups is 1. The van der Waals surface area contributed by atoms with Crippen molar-refractivity contribution in [3.63, 3.8) is 0 Å². The summed E-state index contributed by atoms with van der Waals surface area (Å²) < 4.78 is 5.88. The zero-order valence-electron chi connectivity index (χ0n) is 20.7. The molecule has 0 bridgehead atoms. The molecular weight excluding hydrogens is 515 g/mol. The van der Waals surface area contributed by atoms with E-state index in [1.54, 1.807) is 0 Å². The van der Waals surface area contributed by atoms with Gasteiger partial charge >= 0.3 is 0 Å². The third kappa shape index (κ3) is 9.15. The maximum Gasteiger partial charge on any atom is 0.191 e. The van der Waals surface area contributed by atoms with E-state index >= 15 is 0 Å². The Morgan fingerprint density at radius 3 is 2.28 bits per heavy atom. The summed E-state index contributed by atoms with van der Waals surface area (Å²) >= 11 is 0. The van der Waals surface area contributed by atoms with E-state index in [1.807, 2.05) is 0 Å². The van der Waals surface area contributed by atoms with Gasteiger partial charge in [-0.15, -0.1) is 24.0 Å². The van der Waals surface area contributed by atoms with Gasteiger partial charge in [-0.05, 0) is 56.6 Å². The number of hydrogen-bond acceptors (Lipinski definition) is 4. The number of halogens is 1. The molecule has 0 aromatic heterocycles. The SMILES string of the molecule is CCNC(=NCc1ccccc1CN1CC(C)OC(C)C1)NCC(CC)(CC)CCO.I. The molecule has 3 N–H and O–H groups in total. The number of morpholine rings is 1. The van der Waals surface area contributed by atoms with Gasteiger partial charge in [0.1, 0.15) is 0 Å². The van der Waals surface area contributed by atoms with Crippen molar-refractivity contribution in [2.75, 3.05) is 32.8 Å². The van der Waals surface area contributed by atoms with Crippen molar-refractivity contribution < 1.29 is 9.84 Å². The molecule has 1 aromatic carbocycles.